The largest absolute Gasteiger partial charge is 0.454 e. The number of primary amides is 1. The summed E-state index contributed by atoms with van der Waals surface area (Å²) in [4.78, 5) is 18.0. The molecular formula is C15H24N4O2S. The Kier molecular flexibility index (Phi) is 6.18. The normalized spacial score (nSPS) is 19.3. The van der Waals surface area contributed by atoms with Crippen LogP contribution in [-0.4, -0.2) is 47.4 Å². The zero-order valence-electron chi connectivity index (χ0n) is 13.2. The third kappa shape index (κ3) is 4.43. The molecule has 2 rings (SSSR count). The van der Waals surface area contributed by atoms with Crippen LogP contribution in [0.3, 0.4) is 0 Å². The van der Waals surface area contributed by atoms with Crippen molar-refractivity contribution in [3.8, 4) is 0 Å². The van der Waals surface area contributed by atoms with E-state index in [-0.39, 0.29) is 5.76 Å². The highest BCUT2D eigenvalue weighted by molar-refractivity contribution is 8.00. The van der Waals surface area contributed by atoms with Gasteiger partial charge in [-0.2, -0.15) is 11.8 Å². The van der Waals surface area contributed by atoms with Crippen LogP contribution in [0, 0.1) is 0 Å². The molecule has 2 heterocycles. The maximum absolute atomic E-state index is 11.0. The summed E-state index contributed by atoms with van der Waals surface area (Å²) in [6, 6.07) is 3.33. The minimum atomic E-state index is -0.555. The van der Waals surface area contributed by atoms with Gasteiger partial charge in [0.15, 0.2) is 11.7 Å². The fourth-order valence-corrected chi connectivity index (χ4v) is 3.51. The number of hydrogen-bond donors (Lipinski definition) is 2. The fraction of sp³-hybridized carbons (Fsp3) is 0.600. The molecule has 3 N–H and O–H groups in total. The second-order valence-corrected chi connectivity index (χ2v) is 6.56. The number of amides is 1. The lowest BCUT2D eigenvalue weighted by molar-refractivity contribution is 0.0972. The first-order chi connectivity index (χ1) is 10.6. The standard InChI is InChI=1S/C15H24N4O2S/c1-3-12-10-19(7-8-22-12)15(17-4-2)18-9-11-5-6-13(21-11)14(16)20/h5-6,12H,3-4,7-10H2,1-2H3,(H2,16,20)(H,17,18). The Bertz CT molecular complexity index is 529. The molecule has 1 saturated heterocycles. The molecular weight excluding hydrogens is 300 g/mol. The Morgan fingerprint density at radius 1 is 1.55 bits per heavy atom. The fourth-order valence-electron chi connectivity index (χ4n) is 2.33. The smallest absolute Gasteiger partial charge is 0.284 e. The van der Waals surface area contributed by atoms with Crippen molar-refractivity contribution in [2.75, 3.05) is 25.4 Å². The number of nitrogens with two attached hydrogens (primary N) is 1. The number of guanidine groups is 1. The molecule has 22 heavy (non-hydrogen) atoms. The second-order valence-electron chi connectivity index (χ2n) is 5.15. The Hall–Kier alpha value is -1.63. The SMILES string of the molecule is CCNC(=NCc1ccc(C(N)=O)o1)N1CCSC(CC)C1. The molecule has 0 aliphatic carbocycles. The first-order valence-corrected chi connectivity index (χ1v) is 8.72. The predicted molar refractivity (Wildman–Crippen MR) is 90.2 cm³/mol. The number of rotatable bonds is 5. The van der Waals surface area contributed by atoms with Gasteiger partial charge >= 0.3 is 0 Å². The third-order valence-corrected chi connectivity index (χ3v) is 4.89. The molecule has 0 bridgehead atoms. The van der Waals surface area contributed by atoms with Gasteiger partial charge in [-0.25, -0.2) is 4.99 Å². The highest BCUT2D eigenvalue weighted by atomic mass is 32.2. The van der Waals surface area contributed by atoms with Gasteiger partial charge in [0.1, 0.15) is 12.3 Å². The first-order valence-electron chi connectivity index (χ1n) is 7.67. The minimum Gasteiger partial charge on any atom is -0.454 e. The van der Waals surface area contributed by atoms with E-state index in [0.29, 0.717) is 17.6 Å². The summed E-state index contributed by atoms with van der Waals surface area (Å²) >= 11 is 2.03. The van der Waals surface area contributed by atoms with Crippen molar-refractivity contribution < 1.29 is 9.21 Å². The molecule has 1 aromatic rings. The molecule has 0 spiro atoms. The van der Waals surface area contributed by atoms with Crippen LogP contribution >= 0.6 is 11.8 Å². The van der Waals surface area contributed by atoms with Gasteiger partial charge in [-0.1, -0.05) is 6.92 Å². The number of thioether (sulfide) groups is 1. The minimum absolute atomic E-state index is 0.177. The predicted octanol–water partition coefficient (Wildman–Crippen LogP) is 1.67. The van der Waals surface area contributed by atoms with Crippen molar-refractivity contribution >= 4 is 23.6 Å². The number of aliphatic imine (C=N–C) groups is 1. The number of furan rings is 1. The molecule has 1 atom stereocenters. The molecule has 0 saturated carbocycles. The number of carbonyl (C=O) groups is 1. The Labute approximate surface area is 135 Å². The van der Waals surface area contributed by atoms with Crippen LogP contribution in [0.5, 0.6) is 0 Å². The van der Waals surface area contributed by atoms with Crippen LogP contribution in [0.25, 0.3) is 0 Å². The van der Waals surface area contributed by atoms with Gasteiger partial charge in [0.05, 0.1) is 0 Å². The summed E-state index contributed by atoms with van der Waals surface area (Å²) in [7, 11) is 0. The average molecular weight is 324 g/mol. The van der Waals surface area contributed by atoms with E-state index in [9.17, 15) is 4.79 Å². The molecule has 1 amide bonds. The van der Waals surface area contributed by atoms with Gasteiger partial charge in [0.2, 0.25) is 0 Å². The molecule has 6 nitrogen and oxygen atoms in total. The highest BCUT2D eigenvalue weighted by Crippen LogP contribution is 2.21. The first kappa shape index (κ1) is 16.7. The summed E-state index contributed by atoms with van der Waals surface area (Å²) < 4.78 is 5.37. The van der Waals surface area contributed by atoms with Gasteiger partial charge < -0.3 is 20.4 Å². The van der Waals surface area contributed by atoms with E-state index in [1.807, 2.05) is 11.8 Å². The highest BCUT2D eigenvalue weighted by Gasteiger charge is 2.21. The third-order valence-electron chi connectivity index (χ3n) is 3.52. The van der Waals surface area contributed by atoms with Gasteiger partial charge in [-0.3, -0.25) is 4.79 Å². The quantitative estimate of drug-likeness (QED) is 0.636. The molecule has 1 aliphatic rings. The maximum atomic E-state index is 11.0. The van der Waals surface area contributed by atoms with Gasteiger partial charge in [-0.05, 0) is 25.5 Å². The van der Waals surface area contributed by atoms with Gasteiger partial charge in [0.25, 0.3) is 5.91 Å². The number of nitrogens with zero attached hydrogens (tertiary/aromatic N) is 2. The van der Waals surface area contributed by atoms with E-state index < -0.39 is 5.91 Å². The summed E-state index contributed by atoms with van der Waals surface area (Å²) in [5.41, 5.74) is 5.19. The zero-order valence-corrected chi connectivity index (χ0v) is 14.0. The monoisotopic (exact) mass is 324 g/mol. The van der Waals surface area contributed by atoms with Crippen LogP contribution < -0.4 is 11.1 Å². The molecule has 0 radical (unpaired) electrons. The van der Waals surface area contributed by atoms with Crippen LogP contribution in [0.4, 0.5) is 0 Å². The van der Waals surface area contributed by atoms with Crippen LogP contribution in [-0.2, 0) is 6.54 Å². The van der Waals surface area contributed by atoms with Crippen LogP contribution in [0.1, 0.15) is 36.6 Å². The molecule has 1 aromatic heterocycles. The second kappa shape index (κ2) is 8.12. The molecule has 7 heteroatoms. The van der Waals surface area contributed by atoms with Crippen molar-refractivity contribution in [2.24, 2.45) is 10.7 Å². The van der Waals surface area contributed by atoms with Crippen molar-refractivity contribution in [3.05, 3.63) is 23.7 Å². The summed E-state index contributed by atoms with van der Waals surface area (Å²) in [5.74, 6) is 2.28. The zero-order chi connectivity index (χ0) is 15.9. The Morgan fingerprint density at radius 2 is 2.36 bits per heavy atom. The lowest BCUT2D eigenvalue weighted by Crippen LogP contribution is -2.47. The molecule has 1 fully saturated rings. The van der Waals surface area contributed by atoms with Crippen LogP contribution in [0.2, 0.25) is 0 Å². The van der Waals surface area contributed by atoms with E-state index in [1.54, 1.807) is 12.1 Å². The van der Waals surface area contributed by atoms with Crippen LogP contribution in [0.15, 0.2) is 21.5 Å². The van der Waals surface area contributed by atoms with E-state index >= 15 is 0 Å². The summed E-state index contributed by atoms with van der Waals surface area (Å²) in [6.45, 7) is 7.51. The van der Waals surface area contributed by atoms with Crippen molar-refractivity contribution in [1.82, 2.24) is 10.2 Å². The van der Waals surface area contributed by atoms with Gasteiger partial charge in [0, 0.05) is 30.6 Å². The van der Waals surface area contributed by atoms with Crippen molar-refractivity contribution in [3.63, 3.8) is 0 Å². The van der Waals surface area contributed by atoms with E-state index in [4.69, 9.17) is 10.2 Å². The number of hydrogen-bond acceptors (Lipinski definition) is 4. The lowest BCUT2D eigenvalue weighted by atomic mass is 10.3. The summed E-state index contributed by atoms with van der Waals surface area (Å²) in [6.07, 6.45) is 1.17. The number of carbonyl (C=O) groups excluding carboxylic acids is 1. The molecule has 122 valence electrons. The summed E-state index contributed by atoms with van der Waals surface area (Å²) in [5, 5.41) is 3.99. The van der Waals surface area contributed by atoms with Gasteiger partial charge in [-0.15, -0.1) is 0 Å². The molecule has 1 unspecified atom stereocenters. The molecule has 0 aromatic carbocycles. The Morgan fingerprint density at radius 3 is 3.00 bits per heavy atom. The number of nitrogens with one attached hydrogen (secondary N) is 1. The van der Waals surface area contributed by atoms with E-state index in [0.717, 1.165) is 31.3 Å². The van der Waals surface area contributed by atoms with E-state index in [1.165, 1.54) is 6.42 Å². The lowest BCUT2D eigenvalue weighted by Gasteiger charge is -2.34. The average Bonchev–Trinajstić information content (AvgIpc) is 3.00. The molecule has 1 aliphatic heterocycles. The topological polar surface area (TPSA) is 83.9 Å². The van der Waals surface area contributed by atoms with E-state index in [2.05, 4.69) is 29.1 Å². The van der Waals surface area contributed by atoms with Crippen molar-refractivity contribution in [1.29, 1.82) is 0 Å². The Balaban J connectivity index is 2.03. The van der Waals surface area contributed by atoms with Crippen molar-refractivity contribution in [2.45, 2.75) is 32.1 Å². The maximum Gasteiger partial charge on any atom is 0.284 e.